The molecule has 0 bridgehead atoms. The second-order valence-electron chi connectivity index (χ2n) is 9.11. The van der Waals surface area contributed by atoms with Gasteiger partial charge in [0.25, 0.3) is 11.5 Å². The number of benzene rings is 1. The van der Waals surface area contributed by atoms with Crippen LogP contribution < -0.4 is 20.3 Å². The molecule has 1 aliphatic rings. The number of rotatable bonds is 8. The summed E-state index contributed by atoms with van der Waals surface area (Å²) < 4.78 is 50.9. The number of piperidine rings is 1. The van der Waals surface area contributed by atoms with Gasteiger partial charge in [-0.1, -0.05) is 18.2 Å². The number of halogens is 3. The molecule has 1 saturated heterocycles. The van der Waals surface area contributed by atoms with Gasteiger partial charge >= 0.3 is 6.18 Å². The van der Waals surface area contributed by atoms with Gasteiger partial charge in [-0.3, -0.25) is 19.0 Å². The molecule has 0 saturated carbocycles. The van der Waals surface area contributed by atoms with Gasteiger partial charge in [-0.05, 0) is 25.8 Å². The van der Waals surface area contributed by atoms with Crippen molar-refractivity contribution in [3.8, 4) is 11.5 Å². The third kappa shape index (κ3) is 6.16. The third-order valence-corrected chi connectivity index (χ3v) is 6.50. The molecule has 14 heteroatoms. The molecule has 1 aliphatic heterocycles. The molecule has 3 aromatic rings. The molecule has 4 rings (SSSR count). The lowest BCUT2D eigenvalue weighted by Gasteiger charge is -2.32. The second kappa shape index (κ2) is 11.4. The highest BCUT2D eigenvalue weighted by Gasteiger charge is 2.33. The van der Waals surface area contributed by atoms with Crippen LogP contribution in [-0.4, -0.2) is 82.0 Å². The van der Waals surface area contributed by atoms with E-state index >= 15 is 0 Å². The molecular weight excluding hydrogens is 523 g/mol. The first-order valence-electron chi connectivity index (χ1n) is 12.2. The van der Waals surface area contributed by atoms with Gasteiger partial charge in [0.15, 0.2) is 12.4 Å². The van der Waals surface area contributed by atoms with Crippen LogP contribution in [0.1, 0.15) is 34.7 Å². The zero-order chi connectivity index (χ0) is 28.3. The first-order valence-corrected chi connectivity index (χ1v) is 12.2. The number of likely N-dealkylation sites (tertiary alicyclic amines) is 1. The average Bonchev–Trinajstić information content (AvgIpc) is 3.28. The highest BCUT2D eigenvalue weighted by Crippen LogP contribution is 2.30. The van der Waals surface area contributed by atoms with Crippen molar-refractivity contribution in [1.82, 2.24) is 24.8 Å². The Morgan fingerprint density at radius 2 is 1.92 bits per heavy atom. The molecule has 1 aromatic carbocycles. The van der Waals surface area contributed by atoms with Crippen molar-refractivity contribution in [2.45, 2.75) is 38.5 Å². The number of aryl methyl sites for hydroxylation is 1. The van der Waals surface area contributed by atoms with Crippen LogP contribution in [0.15, 0.2) is 29.1 Å². The van der Waals surface area contributed by atoms with E-state index in [-0.39, 0.29) is 35.1 Å². The van der Waals surface area contributed by atoms with E-state index in [1.165, 1.54) is 16.6 Å². The Balaban J connectivity index is 1.69. The maximum Gasteiger partial charge on any atom is 0.422 e. The second-order valence-corrected chi connectivity index (χ2v) is 9.11. The molecule has 39 heavy (non-hydrogen) atoms. The number of nitrogens with one attached hydrogen (secondary N) is 2. The number of hydrogen-bond acceptors (Lipinski definition) is 7. The topological polar surface area (TPSA) is 139 Å². The molecule has 2 amide bonds. The number of H-pyrrole nitrogens is 1. The Labute approximate surface area is 220 Å². The van der Waals surface area contributed by atoms with Gasteiger partial charge < -0.3 is 29.8 Å². The SMILES string of the molecule is COc1ccccc1Cn1c(C)nc2[nH]c(C(=O)NC3CCN(C(=O)CO)CC3)c(OCC(F)(F)F)c2c1=O. The van der Waals surface area contributed by atoms with Gasteiger partial charge in [-0.15, -0.1) is 0 Å². The van der Waals surface area contributed by atoms with E-state index < -0.39 is 42.5 Å². The van der Waals surface area contributed by atoms with Gasteiger partial charge in [-0.2, -0.15) is 13.2 Å². The van der Waals surface area contributed by atoms with Crippen molar-refractivity contribution in [3.63, 3.8) is 0 Å². The van der Waals surface area contributed by atoms with Crippen LogP contribution >= 0.6 is 0 Å². The number of carbonyl (C=O) groups excluding carboxylic acids is 2. The molecule has 0 radical (unpaired) electrons. The Hall–Kier alpha value is -4.07. The number of aromatic nitrogens is 3. The van der Waals surface area contributed by atoms with E-state index in [1.54, 1.807) is 31.2 Å². The monoisotopic (exact) mass is 551 g/mol. The zero-order valence-electron chi connectivity index (χ0n) is 21.3. The highest BCUT2D eigenvalue weighted by atomic mass is 19.4. The molecule has 0 aliphatic carbocycles. The van der Waals surface area contributed by atoms with E-state index in [1.807, 2.05) is 0 Å². The summed E-state index contributed by atoms with van der Waals surface area (Å²) >= 11 is 0. The first kappa shape index (κ1) is 28.0. The predicted molar refractivity (Wildman–Crippen MR) is 133 cm³/mol. The summed E-state index contributed by atoms with van der Waals surface area (Å²) in [6, 6.07) is 6.58. The number of hydrogen-bond donors (Lipinski definition) is 3. The van der Waals surface area contributed by atoms with E-state index in [0.717, 1.165) is 0 Å². The van der Waals surface area contributed by atoms with Crippen molar-refractivity contribution in [1.29, 1.82) is 0 Å². The number of aliphatic hydroxyl groups excluding tert-OH is 1. The van der Waals surface area contributed by atoms with Crippen LogP contribution in [0.2, 0.25) is 0 Å². The van der Waals surface area contributed by atoms with Crippen LogP contribution in [0, 0.1) is 6.92 Å². The number of alkyl halides is 3. The van der Waals surface area contributed by atoms with Gasteiger partial charge in [0.05, 0.1) is 13.7 Å². The number of amides is 2. The molecule has 210 valence electrons. The van der Waals surface area contributed by atoms with Crippen LogP contribution in [0.5, 0.6) is 11.5 Å². The number of nitrogens with zero attached hydrogens (tertiary/aromatic N) is 3. The quantitative estimate of drug-likeness (QED) is 0.388. The standard InChI is InChI=1S/C25H28F3N5O6/c1-14-29-22-19(24(37)33(14)11-15-5-3-4-6-17(15)38-2)21(39-13-25(26,27)28)20(31-22)23(36)30-16-7-9-32(10-8-16)18(35)12-34/h3-6,16,31,34H,7-13H2,1-2H3,(H,30,36). The van der Waals surface area contributed by atoms with Crippen LogP contribution in [0.4, 0.5) is 13.2 Å². The van der Waals surface area contributed by atoms with Gasteiger partial charge in [0, 0.05) is 24.7 Å². The molecule has 1 fully saturated rings. The number of para-hydroxylation sites is 1. The maximum absolute atomic E-state index is 13.6. The minimum atomic E-state index is -4.72. The highest BCUT2D eigenvalue weighted by molar-refractivity contribution is 6.02. The molecule has 11 nitrogen and oxygen atoms in total. The van der Waals surface area contributed by atoms with Gasteiger partial charge in [0.2, 0.25) is 5.91 Å². The smallest absolute Gasteiger partial charge is 0.422 e. The fourth-order valence-electron chi connectivity index (χ4n) is 4.54. The molecule has 0 unspecified atom stereocenters. The molecule has 3 heterocycles. The lowest BCUT2D eigenvalue weighted by atomic mass is 10.0. The fourth-order valence-corrected chi connectivity index (χ4v) is 4.54. The fraction of sp³-hybridized carbons (Fsp3) is 0.440. The minimum Gasteiger partial charge on any atom is -0.496 e. The van der Waals surface area contributed by atoms with Crippen LogP contribution in [0.25, 0.3) is 11.0 Å². The van der Waals surface area contributed by atoms with Gasteiger partial charge in [0.1, 0.15) is 34.9 Å². The van der Waals surface area contributed by atoms with Crippen LogP contribution in [-0.2, 0) is 11.3 Å². The molecular formula is C25H28F3N5O6. The normalized spacial score (nSPS) is 14.5. The summed E-state index contributed by atoms with van der Waals surface area (Å²) in [5, 5.41) is 11.5. The lowest BCUT2D eigenvalue weighted by Crippen LogP contribution is -2.47. The summed E-state index contributed by atoms with van der Waals surface area (Å²) in [7, 11) is 1.48. The number of aromatic amines is 1. The average molecular weight is 552 g/mol. The van der Waals surface area contributed by atoms with Gasteiger partial charge in [-0.25, -0.2) is 4.98 Å². The van der Waals surface area contributed by atoms with E-state index in [9.17, 15) is 27.6 Å². The number of methoxy groups -OCH3 is 1. The van der Waals surface area contributed by atoms with Crippen molar-refractivity contribution >= 4 is 22.8 Å². The van der Waals surface area contributed by atoms with E-state index in [2.05, 4.69) is 15.3 Å². The van der Waals surface area contributed by atoms with Crippen LogP contribution in [0.3, 0.4) is 0 Å². The van der Waals surface area contributed by atoms with Crippen molar-refractivity contribution in [2.24, 2.45) is 0 Å². The van der Waals surface area contributed by atoms with Crippen molar-refractivity contribution in [2.75, 3.05) is 33.4 Å². The Morgan fingerprint density at radius 1 is 1.23 bits per heavy atom. The number of ether oxygens (including phenoxy) is 2. The summed E-state index contributed by atoms with van der Waals surface area (Å²) in [4.78, 5) is 46.9. The van der Waals surface area contributed by atoms with E-state index in [0.29, 0.717) is 37.2 Å². The van der Waals surface area contributed by atoms with Crippen molar-refractivity contribution < 1.29 is 37.3 Å². The Morgan fingerprint density at radius 3 is 2.56 bits per heavy atom. The molecule has 2 aromatic heterocycles. The largest absolute Gasteiger partial charge is 0.496 e. The number of fused-ring (bicyclic) bond motifs is 1. The zero-order valence-corrected chi connectivity index (χ0v) is 21.3. The Bertz CT molecular complexity index is 1430. The summed E-state index contributed by atoms with van der Waals surface area (Å²) in [5.41, 5.74) is -0.489. The number of aliphatic hydroxyl groups is 1. The van der Waals surface area contributed by atoms with Crippen molar-refractivity contribution in [3.05, 3.63) is 51.7 Å². The first-order chi connectivity index (χ1) is 18.5. The number of carbonyl (C=O) groups is 2. The summed E-state index contributed by atoms with van der Waals surface area (Å²) in [6.07, 6.45) is -3.98. The Kier molecular flexibility index (Phi) is 8.14. The van der Waals surface area contributed by atoms with E-state index in [4.69, 9.17) is 14.6 Å². The summed E-state index contributed by atoms with van der Waals surface area (Å²) in [5.74, 6) is -0.971. The third-order valence-electron chi connectivity index (χ3n) is 6.50. The molecule has 3 N–H and O–H groups in total. The summed E-state index contributed by atoms with van der Waals surface area (Å²) in [6.45, 7) is -0.164. The maximum atomic E-state index is 13.6. The predicted octanol–water partition coefficient (Wildman–Crippen LogP) is 1.74. The minimum absolute atomic E-state index is 0.0220. The molecule has 0 atom stereocenters. The molecule has 0 spiro atoms. The lowest BCUT2D eigenvalue weighted by molar-refractivity contribution is -0.153.